The molecule has 0 saturated carbocycles. The number of benzene rings is 2. The monoisotopic (exact) mass is 513 g/mol. The van der Waals surface area contributed by atoms with Gasteiger partial charge in [0.2, 0.25) is 11.8 Å². The van der Waals surface area contributed by atoms with Gasteiger partial charge in [-0.3, -0.25) is 9.69 Å². The largest absolute Gasteiger partial charge is 0.436 e. The van der Waals surface area contributed by atoms with Gasteiger partial charge in [-0.1, -0.05) is 24.3 Å². The van der Waals surface area contributed by atoms with Crippen LogP contribution in [0.25, 0.3) is 22.6 Å². The van der Waals surface area contributed by atoms with Crippen LogP contribution < -0.4 is 5.32 Å². The molecule has 0 aliphatic carbocycles. The van der Waals surface area contributed by atoms with Crippen molar-refractivity contribution in [2.75, 3.05) is 91.0 Å². The fourth-order valence-electron chi connectivity index (χ4n) is 3.80. The Morgan fingerprint density at radius 2 is 1.27 bits per heavy atom. The minimum absolute atomic E-state index is 0.141. The predicted octanol–water partition coefficient (Wildman–Crippen LogP) is 2.83. The van der Waals surface area contributed by atoms with E-state index >= 15 is 0 Å². The van der Waals surface area contributed by atoms with Gasteiger partial charge in [0.25, 0.3) is 0 Å². The number of carbonyl (C=O) groups excluding carboxylic acids is 1. The highest BCUT2D eigenvalue weighted by Gasteiger charge is 2.16. The summed E-state index contributed by atoms with van der Waals surface area (Å²) >= 11 is 0. The number of nitrogens with zero attached hydrogens (tertiary/aromatic N) is 2. The number of amides is 1. The van der Waals surface area contributed by atoms with Crippen molar-refractivity contribution in [2.24, 2.45) is 0 Å². The first-order chi connectivity index (χ1) is 18.3. The predicted molar refractivity (Wildman–Crippen MR) is 139 cm³/mol. The second-order valence-corrected chi connectivity index (χ2v) is 8.42. The van der Waals surface area contributed by atoms with E-state index in [1.807, 2.05) is 53.4 Å². The molecule has 1 aliphatic heterocycles. The Bertz CT molecular complexity index is 1040. The first-order valence-electron chi connectivity index (χ1n) is 12.7. The molecule has 0 unspecified atom stereocenters. The van der Waals surface area contributed by atoms with Gasteiger partial charge < -0.3 is 33.4 Å². The first kappa shape index (κ1) is 27.2. The van der Waals surface area contributed by atoms with Crippen LogP contribution in [0.4, 0.5) is 5.69 Å². The average molecular weight is 514 g/mol. The zero-order valence-corrected chi connectivity index (χ0v) is 21.1. The van der Waals surface area contributed by atoms with Crippen LogP contribution in [0, 0.1) is 0 Å². The first-order valence-corrected chi connectivity index (χ1v) is 12.7. The van der Waals surface area contributed by atoms with Gasteiger partial charge in [0, 0.05) is 13.1 Å². The van der Waals surface area contributed by atoms with Crippen molar-refractivity contribution in [1.29, 1.82) is 0 Å². The smallest absolute Gasteiger partial charge is 0.238 e. The maximum absolute atomic E-state index is 13.0. The van der Waals surface area contributed by atoms with Crippen molar-refractivity contribution in [3.63, 3.8) is 0 Å². The van der Waals surface area contributed by atoms with Crippen molar-refractivity contribution in [3.05, 3.63) is 48.5 Å². The van der Waals surface area contributed by atoms with E-state index in [1.165, 1.54) is 0 Å². The van der Waals surface area contributed by atoms with Crippen LogP contribution in [0.3, 0.4) is 0 Å². The van der Waals surface area contributed by atoms with Crippen LogP contribution in [0.15, 0.2) is 52.9 Å². The lowest BCUT2D eigenvalue weighted by atomic mass is 10.1. The van der Waals surface area contributed by atoms with Gasteiger partial charge in [0.05, 0.1) is 83.9 Å². The minimum atomic E-state index is -0.141. The van der Waals surface area contributed by atoms with Gasteiger partial charge in [-0.2, -0.15) is 0 Å². The second kappa shape index (κ2) is 15.4. The molecule has 1 amide bonds. The number of fused-ring (bicyclic) bond motifs is 1. The molecule has 0 atom stereocenters. The fraction of sp³-hybridized carbons (Fsp3) is 0.481. The van der Waals surface area contributed by atoms with Crippen LogP contribution in [0.2, 0.25) is 0 Å². The summed E-state index contributed by atoms with van der Waals surface area (Å²) in [5.41, 5.74) is 2.84. The van der Waals surface area contributed by atoms with Gasteiger partial charge in [-0.25, -0.2) is 4.98 Å². The van der Waals surface area contributed by atoms with Gasteiger partial charge in [-0.05, 0) is 24.3 Å². The summed E-state index contributed by atoms with van der Waals surface area (Å²) < 4.78 is 33.7. The molecule has 4 rings (SSSR count). The van der Waals surface area contributed by atoms with E-state index in [0.717, 1.165) is 11.1 Å². The molecule has 37 heavy (non-hydrogen) atoms. The number of rotatable bonds is 4. The third-order valence-corrected chi connectivity index (χ3v) is 5.68. The summed E-state index contributed by atoms with van der Waals surface area (Å²) in [6.07, 6.45) is 0. The van der Waals surface area contributed by atoms with Crippen molar-refractivity contribution < 1.29 is 32.9 Å². The van der Waals surface area contributed by atoms with E-state index in [-0.39, 0.29) is 12.5 Å². The molecule has 0 bridgehead atoms. The number of hydrogen-bond acceptors (Lipinski definition) is 9. The zero-order valence-electron chi connectivity index (χ0n) is 21.1. The highest BCUT2D eigenvalue weighted by atomic mass is 16.6. The van der Waals surface area contributed by atoms with E-state index in [9.17, 15) is 4.79 Å². The number of aromatic nitrogens is 1. The van der Waals surface area contributed by atoms with Crippen molar-refractivity contribution in [2.45, 2.75) is 0 Å². The molecule has 2 aromatic carbocycles. The molecule has 10 nitrogen and oxygen atoms in total. The van der Waals surface area contributed by atoms with Crippen LogP contribution in [0.1, 0.15) is 0 Å². The van der Waals surface area contributed by atoms with Gasteiger partial charge in [0.15, 0.2) is 5.58 Å². The Morgan fingerprint density at radius 3 is 1.89 bits per heavy atom. The molecule has 1 N–H and O–H groups in total. The highest BCUT2D eigenvalue weighted by Crippen LogP contribution is 2.30. The summed E-state index contributed by atoms with van der Waals surface area (Å²) in [6.45, 7) is 6.38. The molecule has 10 heteroatoms. The molecule has 1 aromatic heterocycles. The summed E-state index contributed by atoms with van der Waals surface area (Å²) in [6, 6.07) is 15.1. The summed E-state index contributed by atoms with van der Waals surface area (Å²) in [5, 5.41) is 3.02. The van der Waals surface area contributed by atoms with E-state index in [1.54, 1.807) is 0 Å². The van der Waals surface area contributed by atoms with Crippen molar-refractivity contribution >= 4 is 22.7 Å². The summed E-state index contributed by atoms with van der Waals surface area (Å²) in [4.78, 5) is 19.6. The maximum atomic E-state index is 13.0. The average Bonchev–Trinajstić information content (AvgIpc) is 3.34. The van der Waals surface area contributed by atoms with Crippen LogP contribution in [0.5, 0.6) is 0 Å². The Labute approximate surface area is 216 Å². The van der Waals surface area contributed by atoms with Crippen LogP contribution >= 0.6 is 0 Å². The van der Waals surface area contributed by atoms with Crippen LogP contribution in [-0.2, 0) is 28.5 Å². The third kappa shape index (κ3) is 9.19. The van der Waals surface area contributed by atoms with Crippen molar-refractivity contribution in [1.82, 2.24) is 9.88 Å². The van der Waals surface area contributed by atoms with Crippen LogP contribution in [-0.4, -0.2) is 101 Å². The lowest BCUT2D eigenvalue weighted by molar-refractivity contribution is -0.117. The Balaban J connectivity index is 1.33. The Kier molecular flexibility index (Phi) is 11.3. The molecule has 0 radical (unpaired) electrons. The summed E-state index contributed by atoms with van der Waals surface area (Å²) in [7, 11) is 0. The zero-order chi connectivity index (χ0) is 25.5. The number of nitrogens with one attached hydrogen (secondary N) is 1. The molecule has 2 heterocycles. The third-order valence-electron chi connectivity index (χ3n) is 5.68. The standard InChI is InChI=1S/C27H35N3O7/c31-26(28-23-6-2-1-5-22(23)27-29-24-7-3-4-8-25(24)37-27)21-30-9-11-32-13-15-34-17-19-36-20-18-35-16-14-33-12-10-30/h1-8H,9-21H2,(H,28,31). The number of anilines is 1. The highest BCUT2D eigenvalue weighted by molar-refractivity contribution is 5.96. The fourth-order valence-corrected chi connectivity index (χ4v) is 3.80. The molecular weight excluding hydrogens is 478 g/mol. The van der Waals surface area contributed by atoms with E-state index in [0.29, 0.717) is 96.3 Å². The molecule has 1 saturated heterocycles. The molecular formula is C27H35N3O7. The van der Waals surface area contributed by atoms with E-state index in [2.05, 4.69) is 10.3 Å². The lowest BCUT2D eigenvalue weighted by Crippen LogP contribution is -2.38. The Morgan fingerprint density at radius 1 is 0.730 bits per heavy atom. The number of carbonyl (C=O) groups is 1. The van der Waals surface area contributed by atoms with E-state index < -0.39 is 0 Å². The number of hydrogen-bond donors (Lipinski definition) is 1. The van der Waals surface area contributed by atoms with Gasteiger partial charge in [0.1, 0.15) is 5.52 Å². The molecule has 1 aliphatic rings. The molecule has 3 aromatic rings. The van der Waals surface area contributed by atoms with E-state index in [4.69, 9.17) is 28.1 Å². The molecule has 1 fully saturated rings. The normalized spacial score (nSPS) is 18.2. The lowest BCUT2D eigenvalue weighted by Gasteiger charge is -2.22. The molecule has 200 valence electrons. The molecule has 0 spiro atoms. The number of para-hydroxylation sites is 3. The quantitative estimate of drug-likeness (QED) is 0.564. The number of ether oxygens (including phenoxy) is 5. The van der Waals surface area contributed by atoms with Gasteiger partial charge in [-0.15, -0.1) is 0 Å². The minimum Gasteiger partial charge on any atom is -0.436 e. The topological polar surface area (TPSA) is 105 Å². The second-order valence-electron chi connectivity index (χ2n) is 8.42. The van der Waals surface area contributed by atoms with Crippen molar-refractivity contribution in [3.8, 4) is 11.5 Å². The summed E-state index contributed by atoms with van der Waals surface area (Å²) in [5.74, 6) is 0.323. The maximum Gasteiger partial charge on any atom is 0.238 e. The SMILES string of the molecule is O=C(CN1CCOCCOCCOCCOCCOCC1)Nc1ccccc1-c1nc2ccccc2o1. The Hall–Kier alpha value is -2.86. The van der Waals surface area contributed by atoms with Gasteiger partial charge >= 0.3 is 0 Å². The number of oxazole rings is 1.